The maximum atomic E-state index is 12.7. The molecule has 1 aromatic rings. The van der Waals surface area contributed by atoms with Crippen LogP contribution >= 0.6 is 0 Å². The zero-order valence-electron chi connectivity index (χ0n) is 13.6. The van der Waals surface area contributed by atoms with Crippen LogP contribution in [0.3, 0.4) is 0 Å². The summed E-state index contributed by atoms with van der Waals surface area (Å²) < 4.78 is 5.33. The summed E-state index contributed by atoms with van der Waals surface area (Å²) in [6, 6.07) is 7.73. The van der Waals surface area contributed by atoms with E-state index in [1.807, 2.05) is 29.2 Å². The number of rotatable bonds is 3. The van der Waals surface area contributed by atoms with Crippen molar-refractivity contribution in [2.75, 3.05) is 38.2 Å². The molecule has 2 amide bonds. The number of anilines is 1. The summed E-state index contributed by atoms with van der Waals surface area (Å²) in [5.41, 5.74) is 0.740. The van der Waals surface area contributed by atoms with E-state index < -0.39 is 0 Å². The number of hydrogen-bond donors (Lipinski definition) is 1. The van der Waals surface area contributed by atoms with Gasteiger partial charge >= 0.3 is 0 Å². The Morgan fingerprint density at radius 1 is 1.30 bits per heavy atom. The van der Waals surface area contributed by atoms with Gasteiger partial charge in [-0.1, -0.05) is 12.1 Å². The van der Waals surface area contributed by atoms with Gasteiger partial charge in [-0.3, -0.25) is 9.59 Å². The van der Waals surface area contributed by atoms with Crippen molar-refractivity contribution >= 4 is 17.5 Å². The molecule has 0 radical (unpaired) electrons. The van der Waals surface area contributed by atoms with Crippen LogP contribution < -0.4 is 15.0 Å². The maximum Gasteiger partial charge on any atom is 0.228 e. The predicted molar refractivity (Wildman–Crippen MR) is 87.5 cm³/mol. The van der Waals surface area contributed by atoms with Crippen molar-refractivity contribution in [3.05, 3.63) is 24.3 Å². The number of ether oxygens (including phenoxy) is 1. The molecule has 0 aromatic heterocycles. The average Bonchev–Trinajstić information content (AvgIpc) is 2.95. The lowest BCUT2D eigenvalue weighted by molar-refractivity contribution is -0.136. The molecule has 2 atom stereocenters. The molecule has 6 heteroatoms. The molecule has 3 rings (SSSR count). The highest BCUT2D eigenvalue weighted by molar-refractivity contribution is 6.01. The summed E-state index contributed by atoms with van der Waals surface area (Å²) in [5.74, 6) is 0.461. The molecule has 1 aromatic carbocycles. The third kappa shape index (κ3) is 3.17. The van der Waals surface area contributed by atoms with Crippen molar-refractivity contribution in [3.8, 4) is 5.75 Å². The minimum Gasteiger partial charge on any atom is -0.495 e. The van der Waals surface area contributed by atoms with E-state index >= 15 is 0 Å². The lowest BCUT2D eigenvalue weighted by Crippen LogP contribution is -2.53. The first-order chi connectivity index (χ1) is 11.1. The van der Waals surface area contributed by atoms with E-state index in [2.05, 4.69) is 12.2 Å². The van der Waals surface area contributed by atoms with Gasteiger partial charge in [0.2, 0.25) is 11.8 Å². The molecule has 0 aliphatic carbocycles. The standard InChI is InChI=1S/C17H23N3O3/c1-12-10-19(8-7-18-12)17(22)13-9-16(21)20(11-13)14-5-3-4-6-15(14)23-2/h3-6,12-13,18H,7-11H2,1-2H3. The topological polar surface area (TPSA) is 61.9 Å². The summed E-state index contributed by atoms with van der Waals surface area (Å²) in [4.78, 5) is 28.7. The number of benzene rings is 1. The van der Waals surface area contributed by atoms with E-state index in [4.69, 9.17) is 4.74 Å². The third-order valence-electron chi connectivity index (χ3n) is 4.53. The van der Waals surface area contributed by atoms with Crippen molar-refractivity contribution in [2.24, 2.45) is 5.92 Å². The van der Waals surface area contributed by atoms with Gasteiger partial charge in [0, 0.05) is 38.6 Å². The fourth-order valence-electron chi connectivity index (χ4n) is 3.35. The van der Waals surface area contributed by atoms with Gasteiger partial charge in [0.15, 0.2) is 0 Å². The molecule has 2 fully saturated rings. The second-order valence-electron chi connectivity index (χ2n) is 6.22. The van der Waals surface area contributed by atoms with Crippen LogP contribution in [0.1, 0.15) is 13.3 Å². The quantitative estimate of drug-likeness (QED) is 0.898. The van der Waals surface area contributed by atoms with Crippen LogP contribution in [0, 0.1) is 5.92 Å². The highest BCUT2D eigenvalue weighted by atomic mass is 16.5. The Hall–Kier alpha value is -2.08. The summed E-state index contributed by atoms with van der Waals surface area (Å²) >= 11 is 0. The van der Waals surface area contributed by atoms with Crippen molar-refractivity contribution in [2.45, 2.75) is 19.4 Å². The smallest absolute Gasteiger partial charge is 0.228 e. The number of carbonyl (C=O) groups is 2. The Morgan fingerprint density at radius 3 is 2.83 bits per heavy atom. The first-order valence-electron chi connectivity index (χ1n) is 8.05. The van der Waals surface area contributed by atoms with E-state index in [1.165, 1.54) is 0 Å². The van der Waals surface area contributed by atoms with Crippen LogP contribution in [-0.2, 0) is 9.59 Å². The van der Waals surface area contributed by atoms with Crippen molar-refractivity contribution < 1.29 is 14.3 Å². The second-order valence-corrected chi connectivity index (χ2v) is 6.22. The zero-order valence-corrected chi connectivity index (χ0v) is 13.6. The first-order valence-corrected chi connectivity index (χ1v) is 8.05. The van der Waals surface area contributed by atoms with Gasteiger partial charge in [0.05, 0.1) is 18.7 Å². The number of nitrogens with zero attached hydrogens (tertiary/aromatic N) is 2. The Balaban J connectivity index is 1.73. The number of para-hydroxylation sites is 2. The molecule has 2 aliphatic heterocycles. The average molecular weight is 317 g/mol. The van der Waals surface area contributed by atoms with Gasteiger partial charge in [0.1, 0.15) is 5.75 Å². The zero-order chi connectivity index (χ0) is 16.4. The molecule has 0 saturated carbocycles. The van der Waals surface area contributed by atoms with Crippen molar-refractivity contribution in [1.82, 2.24) is 10.2 Å². The van der Waals surface area contributed by atoms with Gasteiger partial charge in [-0.15, -0.1) is 0 Å². The molecule has 124 valence electrons. The normalized spacial score (nSPS) is 24.9. The third-order valence-corrected chi connectivity index (χ3v) is 4.53. The number of methoxy groups -OCH3 is 1. The Bertz CT molecular complexity index is 605. The van der Waals surface area contributed by atoms with E-state index in [0.717, 1.165) is 12.2 Å². The molecule has 0 bridgehead atoms. The fourth-order valence-corrected chi connectivity index (χ4v) is 3.35. The van der Waals surface area contributed by atoms with Crippen molar-refractivity contribution in [3.63, 3.8) is 0 Å². The Kier molecular flexibility index (Phi) is 4.52. The minimum atomic E-state index is -0.266. The van der Waals surface area contributed by atoms with E-state index in [1.54, 1.807) is 12.0 Å². The molecule has 1 N–H and O–H groups in total. The summed E-state index contributed by atoms with van der Waals surface area (Å²) in [6.45, 7) is 4.72. The Morgan fingerprint density at radius 2 is 2.09 bits per heavy atom. The number of amides is 2. The van der Waals surface area contributed by atoms with Crippen LogP contribution in [0.2, 0.25) is 0 Å². The van der Waals surface area contributed by atoms with Gasteiger partial charge in [0.25, 0.3) is 0 Å². The molecule has 6 nitrogen and oxygen atoms in total. The Labute approximate surface area is 136 Å². The van der Waals surface area contributed by atoms with Gasteiger partial charge in [-0.2, -0.15) is 0 Å². The number of nitrogens with one attached hydrogen (secondary N) is 1. The number of carbonyl (C=O) groups excluding carboxylic acids is 2. The molecular weight excluding hydrogens is 294 g/mol. The lowest BCUT2D eigenvalue weighted by Gasteiger charge is -2.33. The molecule has 23 heavy (non-hydrogen) atoms. The summed E-state index contributed by atoms with van der Waals surface area (Å²) in [6.07, 6.45) is 0.273. The number of hydrogen-bond acceptors (Lipinski definition) is 4. The molecule has 0 spiro atoms. The van der Waals surface area contributed by atoms with Crippen LogP contribution in [0.25, 0.3) is 0 Å². The number of piperazine rings is 1. The first kappa shape index (κ1) is 15.8. The predicted octanol–water partition coefficient (Wildman–Crippen LogP) is 0.868. The molecule has 2 heterocycles. The second kappa shape index (κ2) is 6.58. The van der Waals surface area contributed by atoms with Crippen molar-refractivity contribution in [1.29, 1.82) is 0 Å². The monoisotopic (exact) mass is 317 g/mol. The van der Waals surface area contributed by atoms with E-state index in [0.29, 0.717) is 31.4 Å². The minimum absolute atomic E-state index is 0.0176. The highest BCUT2D eigenvalue weighted by Gasteiger charge is 2.38. The van der Waals surface area contributed by atoms with E-state index in [9.17, 15) is 9.59 Å². The summed E-state index contributed by atoms with van der Waals surface area (Å²) in [7, 11) is 1.59. The maximum absolute atomic E-state index is 12.7. The fraction of sp³-hybridized carbons (Fsp3) is 0.529. The molecular formula is C17H23N3O3. The van der Waals surface area contributed by atoms with Crippen LogP contribution in [0.15, 0.2) is 24.3 Å². The summed E-state index contributed by atoms with van der Waals surface area (Å²) in [5, 5.41) is 3.33. The van der Waals surface area contributed by atoms with Gasteiger partial charge < -0.3 is 19.9 Å². The SMILES string of the molecule is COc1ccccc1N1CC(C(=O)N2CCNC(C)C2)CC1=O. The van der Waals surface area contributed by atoms with Crippen LogP contribution in [0.4, 0.5) is 5.69 Å². The van der Waals surface area contributed by atoms with E-state index in [-0.39, 0.29) is 24.2 Å². The molecule has 2 saturated heterocycles. The molecule has 2 aliphatic rings. The van der Waals surface area contributed by atoms with Gasteiger partial charge in [-0.05, 0) is 19.1 Å². The van der Waals surface area contributed by atoms with Gasteiger partial charge in [-0.25, -0.2) is 0 Å². The highest BCUT2D eigenvalue weighted by Crippen LogP contribution is 2.33. The van der Waals surface area contributed by atoms with Crippen LogP contribution in [0.5, 0.6) is 5.75 Å². The lowest BCUT2D eigenvalue weighted by atomic mass is 10.1. The largest absolute Gasteiger partial charge is 0.495 e. The molecule has 2 unspecified atom stereocenters. The van der Waals surface area contributed by atoms with Crippen LogP contribution in [-0.4, -0.2) is 56.0 Å².